The minimum atomic E-state index is -3.47. The van der Waals surface area contributed by atoms with Gasteiger partial charge in [-0.1, -0.05) is 37.7 Å². The largest absolute Gasteiger partial charge is 0.320 e. The van der Waals surface area contributed by atoms with Crippen molar-refractivity contribution >= 4 is 10.0 Å². The lowest BCUT2D eigenvalue weighted by atomic mass is 9.99. The standard InChI is InChI=1S/C16H22N2O2S/c1-13-5-2-8-15(13)12-18-21(19,20)16-9-3-6-14(11-16)7-4-10-17/h3,6,9,11,13,15,18H,2,5,8,10,12,17H2,1H3. The van der Waals surface area contributed by atoms with E-state index in [9.17, 15) is 8.42 Å². The highest BCUT2D eigenvalue weighted by molar-refractivity contribution is 7.89. The summed E-state index contributed by atoms with van der Waals surface area (Å²) in [6.07, 6.45) is 3.49. The molecule has 0 aliphatic heterocycles. The minimum Gasteiger partial charge on any atom is -0.320 e. The number of hydrogen-bond acceptors (Lipinski definition) is 3. The molecule has 0 bridgehead atoms. The van der Waals surface area contributed by atoms with Gasteiger partial charge in [0.25, 0.3) is 0 Å². The molecule has 1 aromatic rings. The topological polar surface area (TPSA) is 72.2 Å². The second-order valence-electron chi connectivity index (χ2n) is 5.55. The zero-order chi connectivity index (χ0) is 15.3. The number of nitrogens with one attached hydrogen (secondary N) is 1. The summed E-state index contributed by atoms with van der Waals surface area (Å²) in [6, 6.07) is 6.66. The Hall–Kier alpha value is -1.35. The number of rotatable bonds is 4. The summed E-state index contributed by atoms with van der Waals surface area (Å²) in [6.45, 7) is 2.96. The van der Waals surface area contributed by atoms with Gasteiger partial charge in [0.2, 0.25) is 10.0 Å². The zero-order valence-electron chi connectivity index (χ0n) is 12.3. The second-order valence-corrected chi connectivity index (χ2v) is 7.32. The first kappa shape index (κ1) is 16.0. The van der Waals surface area contributed by atoms with Crippen molar-refractivity contribution in [3.8, 4) is 11.8 Å². The predicted octanol–water partition coefficient (Wildman–Crippen LogP) is 1.71. The van der Waals surface area contributed by atoms with Crippen LogP contribution < -0.4 is 10.5 Å². The van der Waals surface area contributed by atoms with Crippen molar-refractivity contribution in [1.82, 2.24) is 4.72 Å². The number of nitrogens with two attached hydrogens (primary N) is 1. The van der Waals surface area contributed by atoms with Crippen molar-refractivity contribution in [2.45, 2.75) is 31.1 Å². The summed E-state index contributed by atoms with van der Waals surface area (Å²) < 4.78 is 27.4. The Morgan fingerprint density at radius 3 is 2.86 bits per heavy atom. The fraction of sp³-hybridized carbons (Fsp3) is 0.500. The number of sulfonamides is 1. The fourth-order valence-corrected chi connectivity index (χ4v) is 3.86. The summed E-state index contributed by atoms with van der Waals surface area (Å²) in [5, 5.41) is 0. The first-order valence-corrected chi connectivity index (χ1v) is 8.80. The van der Waals surface area contributed by atoms with Gasteiger partial charge >= 0.3 is 0 Å². The molecule has 114 valence electrons. The van der Waals surface area contributed by atoms with Gasteiger partial charge in [-0.05, 0) is 36.5 Å². The highest BCUT2D eigenvalue weighted by Crippen LogP contribution is 2.30. The summed E-state index contributed by atoms with van der Waals surface area (Å²) in [5.74, 6) is 6.62. The van der Waals surface area contributed by atoms with Crippen LogP contribution in [0.4, 0.5) is 0 Å². The average molecular weight is 306 g/mol. The Balaban J connectivity index is 2.08. The first-order chi connectivity index (χ1) is 10.0. The van der Waals surface area contributed by atoms with Crippen LogP contribution in [0.5, 0.6) is 0 Å². The zero-order valence-corrected chi connectivity index (χ0v) is 13.1. The molecule has 0 radical (unpaired) electrons. The highest BCUT2D eigenvalue weighted by Gasteiger charge is 2.25. The van der Waals surface area contributed by atoms with Crippen LogP contribution in [0.15, 0.2) is 29.2 Å². The van der Waals surface area contributed by atoms with Crippen LogP contribution in [0.2, 0.25) is 0 Å². The molecule has 2 atom stereocenters. The molecule has 0 heterocycles. The lowest BCUT2D eigenvalue weighted by Gasteiger charge is -2.16. The molecule has 0 amide bonds. The predicted molar refractivity (Wildman–Crippen MR) is 84.1 cm³/mol. The molecule has 1 aromatic carbocycles. The van der Waals surface area contributed by atoms with E-state index < -0.39 is 10.0 Å². The third-order valence-electron chi connectivity index (χ3n) is 4.05. The van der Waals surface area contributed by atoms with Gasteiger partial charge < -0.3 is 5.73 Å². The Labute approximate surface area is 127 Å². The number of hydrogen-bond donors (Lipinski definition) is 2. The molecular formula is C16H22N2O2S. The molecule has 0 spiro atoms. The maximum atomic E-state index is 12.3. The molecular weight excluding hydrogens is 284 g/mol. The average Bonchev–Trinajstić information content (AvgIpc) is 2.89. The maximum absolute atomic E-state index is 12.3. The van der Waals surface area contributed by atoms with Crippen LogP contribution in [0.1, 0.15) is 31.7 Å². The SMILES string of the molecule is CC1CCCC1CNS(=O)(=O)c1cccc(C#CCN)c1. The second kappa shape index (κ2) is 7.08. The van der Waals surface area contributed by atoms with E-state index in [0.717, 1.165) is 6.42 Å². The smallest absolute Gasteiger partial charge is 0.240 e. The van der Waals surface area contributed by atoms with Gasteiger partial charge in [0.1, 0.15) is 0 Å². The van der Waals surface area contributed by atoms with Crippen molar-refractivity contribution in [2.75, 3.05) is 13.1 Å². The maximum Gasteiger partial charge on any atom is 0.240 e. The van der Waals surface area contributed by atoms with Crippen LogP contribution in [0.3, 0.4) is 0 Å². The van der Waals surface area contributed by atoms with Crippen LogP contribution in [0, 0.1) is 23.7 Å². The minimum absolute atomic E-state index is 0.259. The van der Waals surface area contributed by atoms with E-state index in [1.807, 2.05) is 0 Å². The van der Waals surface area contributed by atoms with Crippen LogP contribution in [0.25, 0.3) is 0 Å². The van der Waals surface area contributed by atoms with Gasteiger partial charge in [0.05, 0.1) is 11.4 Å². The van der Waals surface area contributed by atoms with Gasteiger partial charge in [0, 0.05) is 12.1 Å². The van der Waals surface area contributed by atoms with Crippen molar-refractivity contribution < 1.29 is 8.42 Å². The van der Waals surface area contributed by atoms with Gasteiger partial charge in [-0.2, -0.15) is 0 Å². The molecule has 0 saturated heterocycles. The Kier molecular flexibility index (Phi) is 5.40. The third-order valence-corrected chi connectivity index (χ3v) is 5.48. The van der Waals surface area contributed by atoms with E-state index >= 15 is 0 Å². The molecule has 2 rings (SSSR count). The molecule has 1 aliphatic rings. The van der Waals surface area contributed by atoms with Gasteiger partial charge in [-0.25, -0.2) is 13.1 Å². The van der Waals surface area contributed by atoms with Crippen molar-refractivity contribution in [2.24, 2.45) is 17.6 Å². The third kappa shape index (κ3) is 4.31. The van der Waals surface area contributed by atoms with E-state index in [4.69, 9.17) is 5.73 Å². The first-order valence-electron chi connectivity index (χ1n) is 7.31. The van der Waals surface area contributed by atoms with Gasteiger partial charge in [-0.15, -0.1) is 0 Å². The summed E-state index contributed by atoms with van der Waals surface area (Å²) in [5.41, 5.74) is 5.99. The molecule has 1 saturated carbocycles. The fourth-order valence-electron chi connectivity index (χ4n) is 2.72. The van der Waals surface area contributed by atoms with E-state index in [2.05, 4.69) is 23.5 Å². The Morgan fingerprint density at radius 2 is 2.19 bits per heavy atom. The molecule has 5 heteroatoms. The molecule has 2 unspecified atom stereocenters. The normalized spacial score (nSPS) is 21.8. The monoisotopic (exact) mass is 306 g/mol. The lowest BCUT2D eigenvalue weighted by Crippen LogP contribution is -2.30. The quantitative estimate of drug-likeness (QED) is 0.832. The van der Waals surface area contributed by atoms with Crippen LogP contribution >= 0.6 is 0 Å². The number of benzene rings is 1. The highest BCUT2D eigenvalue weighted by atomic mass is 32.2. The summed E-state index contributed by atoms with van der Waals surface area (Å²) >= 11 is 0. The molecule has 3 N–H and O–H groups in total. The Bertz CT molecular complexity index is 644. The molecule has 1 fully saturated rings. The molecule has 1 aliphatic carbocycles. The van der Waals surface area contributed by atoms with Gasteiger partial charge in [0.15, 0.2) is 0 Å². The van der Waals surface area contributed by atoms with Crippen molar-refractivity contribution in [1.29, 1.82) is 0 Å². The molecule has 21 heavy (non-hydrogen) atoms. The van der Waals surface area contributed by atoms with E-state index in [1.165, 1.54) is 12.8 Å². The van der Waals surface area contributed by atoms with Gasteiger partial charge in [-0.3, -0.25) is 0 Å². The van der Waals surface area contributed by atoms with Crippen LogP contribution in [-0.4, -0.2) is 21.5 Å². The van der Waals surface area contributed by atoms with Crippen molar-refractivity contribution in [3.63, 3.8) is 0 Å². The van der Waals surface area contributed by atoms with E-state index in [1.54, 1.807) is 24.3 Å². The molecule has 0 aromatic heterocycles. The van der Waals surface area contributed by atoms with E-state index in [-0.39, 0.29) is 11.4 Å². The van der Waals surface area contributed by atoms with E-state index in [0.29, 0.717) is 23.9 Å². The van der Waals surface area contributed by atoms with Crippen LogP contribution in [-0.2, 0) is 10.0 Å². The molecule has 4 nitrogen and oxygen atoms in total. The lowest BCUT2D eigenvalue weighted by molar-refractivity contribution is 0.414. The summed E-state index contributed by atoms with van der Waals surface area (Å²) in [7, 11) is -3.47. The Morgan fingerprint density at radius 1 is 1.38 bits per heavy atom. The summed E-state index contributed by atoms with van der Waals surface area (Å²) in [4.78, 5) is 0.261. The van der Waals surface area contributed by atoms with Crippen molar-refractivity contribution in [3.05, 3.63) is 29.8 Å².